The minimum atomic E-state index is -0.181. The first-order valence-electron chi connectivity index (χ1n) is 8.64. The Morgan fingerprint density at radius 3 is 2.52 bits per heavy atom. The molecule has 0 saturated heterocycles. The van der Waals surface area contributed by atoms with E-state index in [-0.39, 0.29) is 11.5 Å². The number of aromatic amines is 1. The number of H-pyrrole nitrogens is 1. The van der Waals surface area contributed by atoms with E-state index in [1.807, 2.05) is 37.3 Å². The molecular weight excluding hydrogens is 344 g/mol. The van der Waals surface area contributed by atoms with Crippen molar-refractivity contribution in [2.75, 3.05) is 20.8 Å². The summed E-state index contributed by atoms with van der Waals surface area (Å²) in [5, 5.41) is 3.69. The molecule has 0 radical (unpaired) electrons. The van der Waals surface area contributed by atoms with Crippen molar-refractivity contribution in [3.05, 3.63) is 69.5 Å². The number of benzene rings is 2. The van der Waals surface area contributed by atoms with Crippen LogP contribution in [0, 0.1) is 6.92 Å². The molecular formula is C21H22N2O4. The molecule has 27 heavy (non-hydrogen) atoms. The molecule has 0 aliphatic carbocycles. The van der Waals surface area contributed by atoms with Gasteiger partial charge in [-0.15, -0.1) is 0 Å². The number of methoxy groups -OCH3 is 2. The number of fused-ring (bicyclic) bond motifs is 1. The highest BCUT2D eigenvalue weighted by Crippen LogP contribution is 2.31. The van der Waals surface area contributed by atoms with E-state index in [9.17, 15) is 9.59 Å². The highest BCUT2D eigenvalue weighted by Gasteiger charge is 2.10. The number of hydrogen-bond donors (Lipinski definition) is 2. The summed E-state index contributed by atoms with van der Waals surface area (Å²) in [6.07, 6.45) is 0.428. The maximum atomic E-state index is 12.3. The van der Waals surface area contributed by atoms with Gasteiger partial charge in [0, 0.05) is 29.1 Å². The molecule has 0 spiro atoms. The Labute approximate surface area is 157 Å². The lowest BCUT2D eigenvalue weighted by Gasteiger charge is -2.10. The summed E-state index contributed by atoms with van der Waals surface area (Å²) in [6.45, 7) is 2.31. The van der Waals surface area contributed by atoms with Gasteiger partial charge in [-0.25, -0.2) is 0 Å². The first kappa shape index (κ1) is 18.5. The smallest absolute Gasteiger partial charge is 0.251 e. The molecule has 140 valence electrons. The lowest BCUT2D eigenvalue weighted by atomic mass is 10.1. The number of aromatic nitrogens is 1. The van der Waals surface area contributed by atoms with Crippen LogP contribution in [0.4, 0.5) is 0 Å². The zero-order valence-electron chi connectivity index (χ0n) is 15.6. The minimum absolute atomic E-state index is 0.151. The van der Waals surface area contributed by atoms with Crippen LogP contribution in [-0.4, -0.2) is 31.7 Å². The number of nitrogens with one attached hydrogen (secondary N) is 2. The molecule has 6 nitrogen and oxygen atoms in total. The van der Waals surface area contributed by atoms with Gasteiger partial charge in [-0.3, -0.25) is 9.59 Å². The van der Waals surface area contributed by atoms with Crippen LogP contribution >= 0.6 is 0 Å². The maximum absolute atomic E-state index is 12.3. The fourth-order valence-corrected chi connectivity index (χ4v) is 2.96. The second-order valence-electron chi connectivity index (χ2n) is 6.29. The zero-order valence-corrected chi connectivity index (χ0v) is 15.6. The van der Waals surface area contributed by atoms with E-state index in [0.29, 0.717) is 41.1 Å². The fraction of sp³-hybridized carbons (Fsp3) is 0.238. The second kappa shape index (κ2) is 7.95. The van der Waals surface area contributed by atoms with E-state index in [2.05, 4.69) is 10.3 Å². The van der Waals surface area contributed by atoms with Crippen LogP contribution in [0.3, 0.4) is 0 Å². The maximum Gasteiger partial charge on any atom is 0.251 e. The summed E-state index contributed by atoms with van der Waals surface area (Å²) in [5.74, 6) is 0.997. The van der Waals surface area contributed by atoms with Crippen molar-refractivity contribution in [1.82, 2.24) is 10.3 Å². The van der Waals surface area contributed by atoms with Gasteiger partial charge < -0.3 is 19.8 Å². The van der Waals surface area contributed by atoms with Crippen LogP contribution in [-0.2, 0) is 6.42 Å². The van der Waals surface area contributed by atoms with Crippen LogP contribution in [0.5, 0.6) is 11.5 Å². The summed E-state index contributed by atoms with van der Waals surface area (Å²) >= 11 is 0. The Morgan fingerprint density at radius 2 is 1.81 bits per heavy atom. The lowest BCUT2D eigenvalue weighted by molar-refractivity contribution is 0.0954. The van der Waals surface area contributed by atoms with Crippen molar-refractivity contribution in [3.63, 3.8) is 0 Å². The van der Waals surface area contributed by atoms with Gasteiger partial charge in [0.15, 0.2) is 11.5 Å². The van der Waals surface area contributed by atoms with Crippen molar-refractivity contribution in [2.45, 2.75) is 13.3 Å². The number of ether oxygens (including phenoxy) is 2. The second-order valence-corrected chi connectivity index (χ2v) is 6.29. The van der Waals surface area contributed by atoms with Gasteiger partial charge in [-0.05, 0) is 37.6 Å². The number of pyridine rings is 1. The minimum Gasteiger partial charge on any atom is -0.493 e. The molecule has 0 fully saturated rings. The average Bonchev–Trinajstić information content (AvgIpc) is 2.67. The molecule has 0 saturated carbocycles. The molecule has 0 unspecified atom stereocenters. The highest BCUT2D eigenvalue weighted by molar-refractivity contribution is 5.94. The molecule has 2 N–H and O–H groups in total. The van der Waals surface area contributed by atoms with Gasteiger partial charge in [0.1, 0.15) is 0 Å². The third-order valence-electron chi connectivity index (χ3n) is 4.39. The molecule has 0 atom stereocenters. The summed E-state index contributed by atoms with van der Waals surface area (Å²) in [5.41, 5.74) is 2.72. The SMILES string of the molecule is COc1cc2cc(CCNC(=O)c3cccc(C)c3)c(=O)[nH]c2cc1OC. The van der Waals surface area contributed by atoms with Crippen molar-refractivity contribution >= 4 is 16.8 Å². The van der Waals surface area contributed by atoms with Crippen LogP contribution in [0.25, 0.3) is 10.9 Å². The summed E-state index contributed by atoms with van der Waals surface area (Å²) < 4.78 is 10.6. The molecule has 0 aliphatic rings. The Morgan fingerprint density at radius 1 is 1.07 bits per heavy atom. The van der Waals surface area contributed by atoms with Crippen LogP contribution in [0.2, 0.25) is 0 Å². The largest absolute Gasteiger partial charge is 0.493 e. The van der Waals surface area contributed by atoms with Gasteiger partial charge in [0.2, 0.25) is 0 Å². The lowest BCUT2D eigenvalue weighted by Crippen LogP contribution is -2.27. The van der Waals surface area contributed by atoms with Crippen LogP contribution < -0.4 is 20.3 Å². The highest BCUT2D eigenvalue weighted by atomic mass is 16.5. The Bertz CT molecular complexity index is 1040. The Balaban J connectivity index is 1.75. The normalized spacial score (nSPS) is 10.6. The summed E-state index contributed by atoms with van der Waals surface area (Å²) in [7, 11) is 3.12. The molecule has 2 aromatic carbocycles. The predicted octanol–water partition coefficient (Wildman–Crippen LogP) is 2.83. The first-order chi connectivity index (χ1) is 13.0. The van der Waals surface area contributed by atoms with E-state index in [1.165, 1.54) is 0 Å². The third-order valence-corrected chi connectivity index (χ3v) is 4.39. The predicted molar refractivity (Wildman–Crippen MR) is 105 cm³/mol. The number of carbonyl (C=O) groups excluding carboxylic acids is 1. The molecule has 1 amide bonds. The van der Waals surface area contributed by atoms with Crippen LogP contribution in [0.15, 0.2) is 47.3 Å². The third kappa shape index (κ3) is 4.11. The van der Waals surface area contributed by atoms with Gasteiger partial charge in [0.05, 0.1) is 19.7 Å². The molecule has 3 rings (SSSR count). The standard InChI is InChI=1S/C21H22N2O4/c1-13-5-4-6-14(9-13)20(24)22-8-7-15-10-16-11-18(26-2)19(27-3)12-17(16)23-21(15)25/h4-6,9-12H,7-8H2,1-3H3,(H,22,24)(H,23,25). The molecule has 1 heterocycles. The molecule has 0 bridgehead atoms. The average molecular weight is 366 g/mol. The van der Waals surface area contributed by atoms with Crippen LogP contribution in [0.1, 0.15) is 21.5 Å². The quantitative estimate of drug-likeness (QED) is 0.703. The van der Waals surface area contributed by atoms with E-state index in [4.69, 9.17) is 9.47 Å². The first-order valence-corrected chi connectivity index (χ1v) is 8.64. The van der Waals surface area contributed by atoms with Gasteiger partial charge >= 0.3 is 0 Å². The number of carbonyl (C=O) groups is 1. The molecule has 1 aromatic heterocycles. The monoisotopic (exact) mass is 366 g/mol. The molecule has 0 aliphatic heterocycles. The number of amides is 1. The zero-order chi connectivity index (χ0) is 19.4. The number of rotatable bonds is 6. The van der Waals surface area contributed by atoms with E-state index in [1.54, 1.807) is 26.4 Å². The number of aryl methyl sites for hydroxylation is 1. The fourth-order valence-electron chi connectivity index (χ4n) is 2.96. The number of hydrogen-bond acceptors (Lipinski definition) is 4. The van der Waals surface area contributed by atoms with Crippen molar-refractivity contribution in [1.29, 1.82) is 0 Å². The van der Waals surface area contributed by atoms with Crippen molar-refractivity contribution < 1.29 is 14.3 Å². The summed E-state index contributed by atoms with van der Waals surface area (Å²) in [4.78, 5) is 27.4. The molecule has 3 aromatic rings. The van der Waals surface area contributed by atoms with E-state index >= 15 is 0 Å². The molecule has 6 heteroatoms. The van der Waals surface area contributed by atoms with E-state index < -0.39 is 0 Å². The Kier molecular flexibility index (Phi) is 5.45. The van der Waals surface area contributed by atoms with Gasteiger partial charge in [-0.1, -0.05) is 17.7 Å². The summed E-state index contributed by atoms with van der Waals surface area (Å²) in [6, 6.07) is 12.8. The van der Waals surface area contributed by atoms with Crippen molar-refractivity contribution in [2.24, 2.45) is 0 Å². The van der Waals surface area contributed by atoms with Gasteiger partial charge in [0.25, 0.3) is 11.5 Å². The topological polar surface area (TPSA) is 80.4 Å². The Hall–Kier alpha value is -3.28. The van der Waals surface area contributed by atoms with Crippen molar-refractivity contribution in [3.8, 4) is 11.5 Å². The van der Waals surface area contributed by atoms with Gasteiger partial charge in [-0.2, -0.15) is 0 Å². The van der Waals surface area contributed by atoms with E-state index in [0.717, 1.165) is 10.9 Å².